The highest BCUT2D eigenvalue weighted by molar-refractivity contribution is 5.25. The third-order valence-corrected chi connectivity index (χ3v) is 2.86. The molecule has 0 aliphatic carbocycles. The number of aromatic nitrogens is 2. The highest BCUT2D eigenvalue weighted by Gasteiger charge is 2.01. The molecule has 1 aromatic carbocycles. The molecular formula is C14H19N3. The Morgan fingerprint density at radius 3 is 2.88 bits per heavy atom. The van der Waals surface area contributed by atoms with E-state index in [2.05, 4.69) is 54.7 Å². The van der Waals surface area contributed by atoms with Crippen molar-refractivity contribution >= 4 is 0 Å². The van der Waals surface area contributed by atoms with E-state index in [4.69, 9.17) is 0 Å². The van der Waals surface area contributed by atoms with Gasteiger partial charge in [-0.1, -0.05) is 31.2 Å². The first-order valence-corrected chi connectivity index (χ1v) is 6.06. The number of nitrogens with one attached hydrogen (secondary N) is 1. The molecule has 0 saturated carbocycles. The number of benzene rings is 1. The van der Waals surface area contributed by atoms with E-state index in [1.165, 1.54) is 16.7 Å². The van der Waals surface area contributed by atoms with Crippen molar-refractivity contribution in [2.45, 2.75) is 26.9 Å². The Bertz CT molecular complexity index is 474. The highest BCUT2D eigenvalue weighted by Crippen LogP contribution is 2.09. The van der Waals surface area contributed by atoms with Crippen molar-refractivity contribution in [3.8, 4) is 0 Å². The van der Waals surface area contributed by atoms with Crippen LogP contribution < -0.4 is 5.32 Å². The van der Waals surface area contributed by atoms with Gasteiger partial charge >= 0.3 is 0 Å². The molecule has 90 valence electrons. The summed E-state index contributed by atoms with van der Waals surface area (Å²) < 4.78 is 2.00. The summed E-state index contributed by atoms with van der Waals surface area (Å²) in [6.45, 7) is 6.97. The highest BCUT2D eigenvalue weighted by atomic mass is 15.3. The van der Waals surface area contributed by atoms with Crippen LogP contribution in [0.1, 0.15) is 23.6 Å². The van der Waals surface area contributed by atoms with Crippen LogP contribution in [0.3, 0.4) is 0 Å². The molecule has 17 heavy (non-hydrogen) atoms. The summed E-state index contributed by atoms with van der Waals surface area (Å²) in [5, 5.41) is 7.68. The summed E-state index contributed by atoms with van der Waals surface area (Å²) in [6, 6.07) is 8.43. The molecule has 1 heterocycles. The maximum Gasteiger partial charge on any atom is 0.0662 e. The van der Waals surface area contributed by atoms with Gasteiger partial charge in [-0.15, -0.1) is 0 Å². The average molecular weight is 229 g/mol. The molecule has 0 spiro atoms. The molecule has 1 N–H and O–H groups in total. The van der Waals surface area contributed by atoms with Crippen molar-refractivity contribution in [1.82, 2.24) is 15.1 Å². The van der Waals surface area contributed by atoms with Crippen LogP contribution in [-0.2, 0) is 13.1 Å². The van der Waals surface area contributed by atoms with Gasteiger partial charge in [-0.3, -0.25) is 4.68 Å². The van der Waals surface area contributed by atoms with E-state index in [-0.39, 0.29) is 0 Å². The summed E-state index contributed by atoms with van der Waals surface area (Å²) >= 11 is 0. The van der Waals surface area contributed by atoms with Crippen molar-refractivity contribution in [3.63, 3.8) is 0 Å². The predicted molar refractivity (Wildman–Crippen MR) is 69.9 cm³/mol. The van der Waals surface area contributed by atoms with Gasteiger partial charge in [0.25, 0.3) is 0 Å². The molecule has 0 saturated heterocycles. The molecule has 0 aliphatic heterocycles. The first-order chi connectivity index (χ1) is 8.29. The van der Waals surface area contributed by atoms with Crippen LogP contribution in [0.2, 0.25) is 0 Å². The third-order valence-electron chi connectivity index (χ3n) is 2.86. The Kier molecular flexibility index (Phi) is 3.94. The maximum atomic E-state index is 4.38. The minimum Gasteiger partial charge on any atom is -0.313 e. The normalized spacial score (nSPS) is 10.7. The molecular weight excluding hydrogens is 210 g/mol. The second-order valence-electron chi connectivity index (χ2n) is 4.25. The number of rotatable bonds is 5. The van der Waals surface area contributed by atoms with Crippen molar-refractivity contribution in [1.29, 1.82) is 0 Å². The van der Waals surface area contributed by atoms with Gasteiger partial charge in [-0.2, -0.15) is 5.10 Å². The fourth-order valence-electron chi connectivity index (χ4n) is 1.82. The van der Waals surface area contributed by atoms with Gasteiger partial charge in [0.05, 0.1) is 12.7 Å². The van der Waals surface area contributed by atoms with E-state index in [0.717, 1.165) is 19.6 Å². The fourth-order valence-corrected chi connectivity index (χ4v) is 1.82. The monoisotopic (exact) mass is 229 g/mol. The molecule has 1 aromatic heterocycles. The van der Waals surface area contributed by atoms with Crippen LogP contribution >= 0.6 is 0 Å². The predicted octanol–water partition coefficient (Wildman–Crippen LogP) is 2.35. The smallest absolute Gasteiger partial charge is 0.0662 e. The first kappa shape index (κ1) is 11.9. The van der Waals surface area contributed by atoms with Crippen molar-refractivity contribution in [3.05, 3.63) is 53.3 Å². The van der Waals surface area contributed by atoms with Gasteiger partial charge in [0.2, 0.25) is 0 Å². The lowest BCUT2D eigenvalue weighted by atomic mass is 10.1. The van der Waals surface area contributed by atoms with Crippen LogP contribution in [-0.4, -0.2) is 16.3 Å². The first-order valence-electron chi connectivity index (χ1n) is 6.06. The van der Waals surface area contributed by atoms with Gasteiger partial charge in [0.15, 0.2) is 0 Å². The zero-order valence-corrected chi connectivity index (χ0v) is 10.5. The molecule has 0 atom stereocenters. The Balaban J connectivity index is 2.04. The van der Waals surface area contributed by atoms with Crippen molar-refractivity contribution in [2.24, 2.45) is 0 Å². The number of hydrogen-bond acceptors (Lipinski definition) is 2. The standard InChI is InChI=1S/C14H19N3/c1-3-15-8-13-9-16-17(10-13)11-14-7-5-4-6-12(14)2/h4-7,9-10,15H,3,8,11H2,1-2H3. The van der Waals surface area contributed by atoms with Gasteiger partial charge in [-0.05, 0) is 24.6 Å². The van der Waals surface area contributed by atoms with Crippen LogP contribution in [0.4, 0.5) is 0 Å². The minimum absolute atomic E-state index is 0.846. The molecule has 0 fully saturated rings. The van der Waals surface area contributed by atoms with Gasteiger partial charge < -0.3 is 5.32 Å². The second kappa shape index (κ2) is 5.64. The molecule has 2 aromatic rings. The molecule has 0 aliphatic rings. The average Bonchev–Trinajstić information content (AvgIpc) is 2.77. The van der Waals surface area contributed by atoms with E-state index in [0.29, 0.717) is 0 Å². The van der Waals surface area contributed by atoms with Crippen LogP contribution in [0, 0.1) is 6.92 Å². The second-order valence-corrected chi connectivity index (χ2v) is 4.25. The van der Waals surface area contributed by atoms with E-state index in [1.54, 1.807) is 0 Å². The molecule has 2 rings (SSSR count). The van der Waals surface area contributed by atoms with E-state index < -0.39 is 0 Å². The number of hydrogen-bond donors (Lipinski definition) is 1. The number of nitrogens with zero attached hydrogens (tertiary/aromatic N) is 2. The molecule has 0 radical (unpaired) electrons. The zero-order valence-electron chi connectivity index (χ0n) is 10.5. The Morgan fingerprint density at radius 1 is 1.29 bits per heavy atom. The molecule has 0 amide bonds. The Morgan fingerprint density at radius 2 is 2.12 bits per heavy atom. The van der Waals surface area contributed by atoms with Crippen molar-refractivity contribution in [2.75, 3.05) is 6.54 Å². The fraction of sp³-hybridized carbons (Fsp3) is 0.357. The lowest BCUT2D eigenvalue weighted by molar-refractivity contribution is 0.680. The summed E-state index contributed by atoms with van der Waals surface area (Å²) in [7, 11) is 0. The van der Waals surface area contributed by atoms with Crippen LogP contribution in [0.15, 0.2) is 36.7 Å². The van der Waals surface area contributed by atoms with E-state index >= 15 is 0 Å². The van der Waals surface area contributed by atoms with Crippen molar-refractivity contribution < 1.29 is 0 Å². The third kappa shape index (κ3) is 3.17. The summed E-state index contributed by atoms with van der Waals surface area (Å²) in [5.41, 5.74) is 3.88. The van der Waals surface area contributed by atoms with Gasteiger partial charge in [0.1, 0.15) is 0 Å². The van der Waals surface area contributed by atoms with E-state index in [9.17, 15) is 0 Å². The molecule has 3 heteroatoms. The van der Waals surface area contributed by atoms with Crippen LogP contribution in [0.25, 0.3) is 0 Å². The topological polar surface area (TPSA) is 29.9 Å². The molecule has 0 unspecified atom stereocenters. The quantitative estimate of drug-likeness (QED) is 0.853. The Hall–Kier alpha value is -1.61. The largest absolute Gasteiger partial charge is 0.313 e. The lowest BCUT2D eigenvalue weighted by Crippen LogP contribution is -2.11. The molecule has 0 bridgehead atoms. The SMILES string of the molecule is CCNCc1cnn(Cc2ccccc2C)c1. The lowest BCUT2D eigenvalue weighted by Gasteiger charge is -2.05. The molecule has 3 nitrogen and oxygen atoms in total. The minimum atomic E-state index is 0.846. The Labute approximate surface area is 102 Å². The van der Waals surface area contributed by atoms with Crippen LogP contribution in [0.5, 0.6) is 0 Å². The number of aryl methyl sites for hydroxylation is 1. The summed E-state index contributed by atoms with van der Waals surface area (Å²) in [6.07, 6.45) is 4.04. The van der Waals surface area contributed by atoms with Gasteiger partial charge in [0, 0.05) is 18.3 Å². The maximum absolute atomic E-state index is 4.38. The summed E-state index contributed by atoms with van der Waals surface area (Å²) in [5.74, 6) is 0. The van der Waals surface area contributed by atoms with Gasteiger partial charge in [-0.25, -0.2) is 0 Å². The summed E-state index contributed by atoms with van der Waals surface area (Å²) in [4.78, 5) is 0. The van der Waals surface area contributed by atoms with E-state index in [1.807, 2.05) is 10.9 Å². The zero-order chi connectivity index (χ0) is 12.1.